The number of rotatable bonds is 2. The summed E-state index contributed by atoms with van der Waals surface area (Å²) < 4.78 is 14.5. The van der Waals surface area contributed by atoms with Crippen LogP contribution in [-0.2, 0) is 0 Å². The number of benzene rings is 1. The molecule has 1 heterocycles. The Hall–Kier alpha value is 0.200. The van der Waals surface area contributed by atoms with Crippen molar-refractivity contribution in [3.63, 3.8) is 0 Å². The van der Waals surface area contributed by atoms with Crippen LogP contribution in [-0.4, -0.2) is 0 Å². The highest BCUT2D eigenvalue weighted by molar-refractivity contribution is 9.11. The highest BCUT2D eigenvalue weighted by Crippen LogP contribution is 2.41. The molecule has 0 aliphatic heterocycles. The van der Waals surface area contributed by atoms with Crippen LogP contribution in [0.5, 0.6) is 0 Å². The van der Waals surface area contributed by atoms with E-state index in [2.05, 4.69) is 15.9 Å². The molecule has 2 aromatic rings. The normalized spacial score (nSPS) is 12.8. The molecule has 1 unspecified atom stereocenters. The molecule has 0 bridgehead atoms. The maximum atomic E-state index is 13.7. The van der Waals surface area contributed by atoms with Gasteiger partial charge < -0.3 is 0 Å². The summed E-state index contributed by atoms with van der Waals surface area (Å²) in [5.74, 6) is -0.418. The Morgan fingerprint density at radius 2 is 1.94 bits per heavy atom. The van der Waals surface area contributed by atoms with Gasteiger partial charge in [-0.1, -0.05) is 29.3 Å². The van der Waals surface area contributed by atoms with Crippen molar-refractivity contribution >= 4 is 62.1 Å². The predicted molar refractivity (Wildman–Crippen MR) is 76.1 cm³/mol. The second-order valence-electron chi connectivity index (χ2n) is 3.30. The number of hydrogen-bond donors (Lipinski definition) is 0. The van der Waals surface area contributed by atoms with Gasteiger partial charge >= 0.3 is 0 Å². The maximum Gasteiger partial charge on any atom is 0.129 e. The van der Waals surface area contributed by atoms with E-state index in [1.807, 2.05) is 0 Å². The van der Waals surface area contributed by atoms with E-state index < -0.39 is 11.2 Å². The van der Waals surface area contributed by atoms with E-state index in [9.17, 15) is 4.39 Å². The molecule has 2 rings (SSSR count). The fraction of sp³-hybridized carbons (Fsp3) is 0.0909. The van der Waals surface area contributed by atoms with Crippen molar-refractivity contribution in [2.24, 2.45) is 0 Å². The Kier molecular flexibility index (Phi) is 4.37. The van der Waals surface area contributed by atoms with Crippen LogP contribution in [0.1, 0.15) is 15.8 Å². The van der Waals surface area contributed by atoms with E-state index in [0.717, 1.165) is 8.66 Å². The molecule has 1 aromatic carbocycles. The van der Waals surface area contributed by atoms with Crippen molar-refractivity contribution in [3.05, 3.63) is 54.4 Å². The van der Waals surface area contributed by atoms with Crippen molar-refractivity contribution in [2.75, 3.05) is 0 Å². The lowest BCUT2D eigenvalue weighted by molar-refractivity contribution is 0.613. The Morgan fingerprint density at radius 3 is 2.47 bits per heavy atom. The van der Waals surface area contributed by atoms with E-state index in [0.29, 0.717) is 15.6 Å². The topological polar surface area (TPSA) is 0 Å². The Labute approximate surface area is 125 Å². The van der Waals surface area contributed by atoms with Gasteiger partial charge in [0, 0.05) is 15.5 Å². The molecular weight excluding hydrogens is 369 g/mol. The highest BCUT2D eigenvalue weighted by Gasteiger charge is 2.18. The van der Waals surface area contributed by atoms with Gasteiger partial charge in [-0.25, -0.2) is 4.39 Å². The third-order valence-electron chi connectivity index (χ3n) is 2.15. The average Bonchev–Trinajstić information content (AvgIpc) is 2.58. The molecule has 0 amide bonds. The fourth-order valence-electron chi connectivity index (χ4n) is 1.35. The first kappa shape index (κ1) is 13.6. The monoisotopic (exact) mass is 372 g/mol. The van der Waals surface area contributed by atoms with Gasteiger partial charge in [-0.15, -0.1) is 22.9 Å². The standard InChI is InChI=1S/C11H5BrCl3FS/c12-11-7(14)4-9(17-11)10(15)6-2-1-5(13)3-8(6)16/h1-4,10H. The Bertz CT molecular complexity index is 536. The van der Waals surface area contributed by atoms with Gasteiger partial charge in [0.05, 0.1) is 14.2 Å². The SMILES string of the molecule is Fc1cc(Cl)ccc1C(Cl)c1cc(Cl)c(Br)s1. The summed E-state index contributed by atoms with van der Waals surface area (Å²) in [7, 11) is 0. The highest BCUT2D eigenvalue weighted by atomic mass is 79.9. The zero-order valence-electron chi connectivity index (χ0n) is 8.18. The van der Waals surface area contributed by atoms with Crippen molar-refractivity contribution in [1.29, 1.82) is 0 Å². The lowest BCUT2D eigenvalue weighted by Crippen LogP contribution is -1.94. The van der Waals surface area contributed by atoms with Crippen molar-refractivity contribution in [1.82, 2.24) is 0 Å². The first-order valence-electron chi connectivity index (χ1n) is 4.53. The molecule has 0 saturated heterocycles. The van der Waals surface area contributed by atoms with Gasteiger partial charge in [0.25, 0.3) is 0 Å². The molecule has 1 atom stereocenters. The van der Waals surface area contributed by atoms with Crippen molar-refractivity contribution in [2.45, 2.75) is 5.38 Å². The maximum absolute atomic E-state index is 13.7. The molecule has 0 spiro atoms. The van der Waals surface area contributed by atoms with Gasteiger partial charge in [0.15, 0.2) is 0 Å². The van der Waals surface area contributed by atoms with Crippen LogP contribution in [0.15, 0.2) is 28.1 Å². The third kappa shape index (κ3) is 2.96. The summed E-state index contributed by atoms with van der Waals surface area (Å²) in [5, 5.41) is 0.353. The first-order chi connectivity index (χ1) is 7.99. The molecule has 17 heavy (non-hydrogen) atoms. The molecule has 1 aromatic heterocycles. The van der Waals surface area contributed by atoms with E-state index in [-0.39, 0.29) is 0 Å². The summed E-state index contributed by atoms with van der Waals surface area (Å²) >= 11 is 22.5. The predicted octanol–water partition coefficient (Wildman–Crippen LogP) is 6.28. The van der Waals surface area contributed by atoms with Crippen LogP contribution in [0.2, 0.25) is 10.0 Å². The van der Waals surface area contributed by atoms with E-state index in [4.69, 9.17) is 34.8 Å². The summed E-state index contributed by atoms with van der Waals surface area (Å²) in [6.07, 6.45) is 0. The minimum atomic E-state index is -0.568. The average molecular weight is 374 g/mol. The van der Waals surface area contributed by atoms with E-state index >= 15 is 0 Å². The summed E-state index contributed by atoms with van der Waals surface area (Å²) in [6.45, 7) is 0. The number of hydrogen-bond acceptors (Lipinski definition) is 1. The fourth-order valence-corrected chi connectivity index (χ4v) is 3.62. The molecule has 6 heteroatoms. The third-order valence-corrected chi connectivity index (χ3v) is 5.52. The molecular formula is C11H5BrCl3FS. The molecule has 0 radical (unpaired) electrons. The second-order valence-corrected chi connectivity index (χ2v) is 6.98. The van der Waals surface area contributed by atoms with Crippen LogP contribution >= 0.6 is 62.1 Å². The largest absolute Gasteiger partial charge is 0.207 e. The van der Waals surface area contributed by atoms with Crippen molar-refractivity contribution < 1.29 is 4.39 Å². The first-order valence-corrected chi connectivity index (χ1v) is 7.33. The van der Waals surface area contributed by atoms with Gasteiger partial charge in [-0.05, 0) is 34.1 Å². The van der Waals surface area contributed by atoms with Gasteiger partial charge in [-0.3, -0.25) is 0 Å². The lowest BCUT2D eigenvalue weighted by atomic mass is 10.1. The van der Waals surface area contributed by atoms with Crippen LogP contribution in [0, 0.1) is 5.82 Å². The zero-order chi connectivity index (χ0) is 12.6. The van der Waals surface area contributed by atoms with E-state index in [1.165, 1.54) is 17.4 Å². The molecule has 0 fully saturated rings. The van der Waals surface area contributed by atoms with Crippen LogP contribution < -0.4 is 0 Å². The molecule has 90 valence electrons. The second kappa shape index (κ2) is 5.45. The molecule has 0 aliphatic rings. The van der Waals surface area contributed by atoms with Crippen LogP contribution in [0.4, 0.5) is 4.39 Å². The Balaban J connectivity index is 2.39. The molecule has 0 N–H and O–H groups in total. The van der Waals surface area contributed by atoms with Crippen LogP contribution in [0.3, 0.4) is 0 Å². The van der Waals surface area contributed by atoms with E-state index in [1.54, 1.807) is 18.2 Å². The Morgan fingerprint density at radius 1 is 1.24 bits per heavy atom. The lowest BCUT2D eigenvalue weighted by Gasteiger charge is -2.08. The quantitative estimate of drug-likeness (QED) is 0.542. The summed E-state index contributed by atoms with van der Waals surface area (Å²) in [6, 6.07) is 6.16. The van der Waals surface area contributed by atoms with Crippen molar-refractivity contribution in [3.8, 4) is 0 Å². The van der Waals surface area contributed by atoms with Gasteiger partial charge in [0.1, 0.15) is 5.82 Å². The minimum Gasteiger partial charge on any atom is -0.207 e. The number of alkyl halides is 1. The molecule has 0 saturated carbocycles. The van der Waals surface area contributed by atoms with Gasteiger partial charge in [0.2, 0.25) is 0 Å². The smallest absolute Gasteiger partial charge is 0.129 e. The number of thiophene rings is 1. The summed E-state index contributed by atoms with van der Waals surface area (Å²) in [4.78, 5) is 0.782. The minimum absolute atomic E-state index is 0.348. The van der Waals surface area contributed by atoms with Gasteiger partial charge in [-0.2, -0.15) is 0 Å². The number of halogens is 5. The molecule has 0 aliphatic carbocycles. The van der Waals surface area contributed by atoms with Crippen LogP contribution in [0.25, 0.3) is 0 Å². The molecule has 0 nitrogen and oxygen atoms in total. The summed E-state index contributed by atoms with van der Waals surface area (Å²) in [5.41, 5.74) is 0.390. The zero-order valence-corrected chi connectivity index (χ0v) is 12.9.